The third-order valence-electron chi connectivity index (χ3n) is 6.41. The van der Waals surface area contributed by atoms with Gasteiger partial charge in [0.1, 0.15) is 5.75 Å². The molecule has 0 bridgehead atoms. The van der Waals surface area contributed by atoms with Gasteiger partial charge in [0.15, 0.2) is 0 Å². The number of nitrogens with zero attached hydrogens (tertiary/aromatic N) is 2. The first-order valence-electron chi connectivity index (χ1n) is 12.1. The van der Waals surface area contributed by atoms with Crippen LogP contribution in [0.5, 0.6) is 5.75 Å². The zero-order valence-corrected chi connectivity index (χ0v) is 21.1. The second-order valence-corrected chi connectivity index (χ2v) is 9.09. The van der Waals surface area contributed by atoms with Crippen molar-refractivity contribution in [1.82, 2.24) is 10.2 Å². The number of carbonyl (C=O) groups excluding carboxylic acids is 3. The monoisotopic (exact) mass is 485 g/mol. The number of hydrogen-bond donors (Lipinski definition) is 1. The van der Waals surface area contributed by atoms with Gasteiger partial charge in [0.2, 0.25) is 0 Å². The fourth-order valence-corrected chi connectivity index (χ4v) is 4.09. The minimum Gasteiger partial charge on any atom is -0.494 e. The third-order valence-corrected chi connectivity index (χ3v) is 6.41. The van der Waals surface area contributed by atoms with Crippen molar-refractivity contribution in [1.29, 1.82) is 0 Å². The molecule has 0 atom stereocenters. The second kappa shape index (κ2) is 10.7. The molecule has 0 spiro atoms. The summed E-state index contributed by atoms with van der Waals surface area (Å²) in [5, 5.41) is 2.96. The van der Waals surface area contributed by atoms with Crippen molar-refractivity contribution in [2.45, 2.75) is 39.9 Å². The Morgan fingerprint density at radius 3 is 2.28 bits per heavy atom. The Balaban J connectivity index is 1.48. The summed E-state index contributed by atoms with van der Waals surface area (Å²) in [5.41, 5.74) is 3.48. The molecule has 1 aliphatic rings. The predicted octanol–water partition coefficient (Wildman–Crippen LogP) is 4.66. The number of amides is 3. The lowest BCUT2D eigenvalue weighted by Crippen LogP contribution is -2.29. The Labute approximate surface area is 211 Å². The molecule has 3 amide bonds. The van der Waals surface area contributed by atoms with Crippen LogP contribution in [0.3, 0.4) is 0 Å². The van der Waals surface area contributed by atoms with Gasteiger partial charge < -0.3 is 10.1 Å². The lowest BCUT2D eigenvalue weighted by Gasteiger charge is -2.22. The quantitative estimate of drug-likeness (QED) is 0.446. The van der Waals surface area contributed by atoms with Crippen LogP contribution in [0.15, 0.2) is 66.7 Å². The largest absolute Gasteiger partial charge is 0.494 e. The van der Waals surface area contributed by atoms with Crippen LogP contribution in [0.25, 0.3) is 0 Å². The van der Waals surface area contributed by atoms with Gasteiger partial charge in [-0.3, -0.25) is 19.3 Å². The van der Waals surface area contributed by atoms with Crippen molar-refractivity contribution >= 4 is 23.4 Å². The molecule has 0 radical (unpaired) electrons. The van der Waals surface area contributed by atoms with Crippen LogP contribution in [-0.2, 0) is 13.1 Å². The number of benzene rings is 3. The summed E-state index contributed by atoms with van der Waals surface area (Å²) in [4.78, 5) is 42.4. The first-order valence-corrected chi connectivity index (χ1v) is 12.1. The molecule has 1 heterocycles. The van der Waals surface area contributed by atoms with Gasteiger partial charge >= 0.3 is 0 Å². The first-order chi connectivity index (χ1) is 17.3. The van der Waals surface area contributed by atoms with E-state index in [4.69, 9.17) is 4.74 Å². The van der Waals surface area contributed by atoms with Gasteiger partial charge in [-0.05, 0) is 81.4 Å². The van der Waals surface area contributed by atoms with Crippen molar-refractivity contribution in [2.75, 3.05) is 18.6 Å². The first kappa shape index (κ1) is 25.1. The molecule has 0 saturated heterocycles. The van der Waals surface area contributed by atoms with E-state index in [-0.39, 0.29) is 17.0 Å². The van der Waals surface area contributed by atoms with Gasteiger partial charge in [0.05, 0.1) is 23.4 Å². The van der Waals surface area contributed by atoms with E-state index in [2.05, 4.69) is 37.2 Å². The molecular formula is C29H31N3O4. The van der Waals surface area contributed by atoms with E-state index in [0.717, 1.165) is 22.6 Å². The highest BCUT2D eigenvalue weighted by molar-refractivity contribution is 6.34. The molecule has 4 rings (SSSR count). The highest BCUT2D eigenvalue weighted by Crippen LogP contribution is 2.30. The van der Waals surface area contributed by atoms with E-state index >= 15 is 0 Å². The van der Waals surface area contributed by atoms with E-state index in [0.29, 0.717) is 36.2 Å². The van der Waals surface area contributed by atoms with Crippen molar-refractivity contribution in [3.8, 4) is 5.75 Å². The molecule has 1 aliphatic heterocycles. The van der Waals surface area contributed by atoms with E-state index < -0.39 is 11.8 Å². The van der Waals surface area contributed by atoms with Gasteiger partial charge in [0.25, 0.3) is 17.7 Å². The molecule has 0 aliphatic carbocycles. The molecule has 3 aromatic carbocycles. The Kier molecular flexibility index (Phi) is 7.50. The Morgan fingerprint density at radius 1 is 0.944 bits per heavy atom. The predicted molar refractivity (Wildman–Crippen MR) is 139 cm³/mol. The van der Waals surface area contributed by atoms with Gasteiger partial charge in [-0.15, -0.1) is 0 Å². The van der Waals surface area contributed by atoms with Crippen LogP contribution < -0.4 is 15.0 Å². The van der Waals surface area contributed by atoms with Gasteiger partial charge in [-0.2, -0.15) is 0 Å². The average molecular weight is 486 g/mol. The SMILES string of the molecule is CCOc1ccc(N2C(=O)c3ccc(C(=O)NCc4ccccc4CN(C)C(C)C)cc3C2=O)cc1. The topological polar surface area (TPSA) is 79.0 Å². The number of nitrogens with one attached hydrogen (secondary N) is 1. The van der Waals surface area contributed by atoms with Crippen molar-refractivity contribution in [2.24, 2.45) is 0 Å². The summed E-state index contributed by atoms with van der Waals surface area (Å²) >= 11 is 0. The van der Waals surface area contributed by atoms with Gasteiger partial charge in [0, 0.05) is 24.7 Å². The molecule has 0 unspecified atom stereocenters. The van der Waals surface area contributed by atoms with Crippen LogP contribution in [0.1, 0.15) is 63.0 Å². The van der Waals surface area contributed by atoms with Crippen molar-refractivity contribution in [3.63, 3.8) is 0 Å². The zero-order chi connectivity index (χ0) is 25.8. The summed E-state index contributed by atoms with van der Waals surface area (Å²) in [6.07, 6.45) is 0. The van der Waals surface area contributed by atoms with Crippen LogP contribution in [-0.4, -0.2) is 42.3 Å². The minimum absolute atomic E-state index is 0.223. The highest BCUT2D eigenvalue weighted by atomic mass is 16.5. The number of fused-ring (bicyclic) bond motifs is 1. The van der Waals surface area contributed by atoms with Crippen LogP contribution >= 0.6 is 0 Å². The zero-order valence-electron chi connectivity index (χ0n) is 21.1. The molecule has 7 heteroatoms. The van der Waals surface area contributed by atoms with Gasteiger partial charge in [-0.25, -0.2) is 4.90 Å². The van der Waals surface area contributed by atoms with Crippen LogP contribution in [0.2, 0.25) is 0 Å². The summed E-state index contributed by atoms with van der Waals surface area (Å²) < 4.78 is 5.44. The van der Waals surface area contributed by atoms with Crippen LogP contribution in [0, 0.1) is 0 Å². The van der Waals surface area contributed by atoms with E-state index in [1.807, 2.05) is 25.1 Å². The summed E-state index contributed by atoms with van der Waals surface area (Å²) in [7, 11) is 2.07. The summed E-state index contributed by atoms with van der Waals surface area (Å²) in [5.74, 6) is -0.496. The van der Waals surface area contributed by atoms with E-state index in [1.165, 1.54) is 6.07 Å². The number of rotatable bonds is 9. The second-order valence-electron chi connectivity index (χ2n) is 9.09. The normalized spacial score (nSPS) is 12.9. The Hall–Kier alpha value is -3.97. The van der Waals surface area contributed by atoms with E-state index in [1.54, 1.807) is 36.4 Å². The lowest BCUT2D eigenvalue weighted by molar-refractivity contribution is 0.0923. The summed E-state index contributed by atoms with van der Waals surface area (Å²) in [6.45, 7) is 7.83. The van der Waals surface area contributed by atoms with Crippen LogP contribution in [0.4, 0.5) is 5.69 Å². The molecule has 3 aromatic rings. The maximum absolute atomic E-state index is 13.1. The lowest BCUT2D eigenvalue weighted by atomic mass is 10.0. The number of hydrogen-bond acceptors (Lipinski definition) is 5. The molecule has 36 heavy (non-hydrogen) atoms. The minimum atomic E-state index is -0.448. The average Bonchev–Trinajstić information content (AvgIpc) is 3.13. The maximum atomic E-state index is 13.1. The van der Waals surface area contributed by atoms with Crippen molar-refractivity contribution < 1.29 is 19.1 Å². The molecular weight excluding hydrogens is 454 g/mol. The standard InChI is InChI=1S/C29H31N3O4/c1-5-36-24-13-11-23(12-14-24)32-28(34)25-15-10-20(16-26(25)29(32)35)27(33)30-17-21-8-6-7-9-22(21)18-31(4)19(2)3/h6-16,19H,5,17-18H2,1-4H3,(H,30,33). The number of imide groups is 1. The molecule has 0 fully saturated rings. The number of ether oxygens (including phenoxy) is 1. The highest BCUT2D eigenvalue weighted by Gasteiger charge is 2.37. The fraction of sp³-hybridized carbons (Fsp3) is 0.276. The van der Waals surface area contributed by atoms with E-state index in [9.17, 15) is 14.4 Å². The fourth-order valence-electron chi connectivity index (χ4n) is 4.09. The van der Waals surface area contributed by atoms with Crippen molar-refractivity contribution in [3.05, 3.63) is 94.5 Å². The maximum Gasteiger partial charge on any atom is 0.266 e. The molecule has 1 N–H and O–H groups in total. The Morgan fingerprint density at radius 2 is 1.61 bits per heavy atom. The molecule has 186 valence electrons. The Bertz CT molecular complexity index is 1280. The third kappa shape index (κ3) is 5.16. The summed E-state index contributed by atoms with van der Waals surface area (Å²) in [6, 6.07) is 19.8. The molecule has 0 saturated carbocycles. The molecule has 7 nitrogen and oxygen atoms in total. The number of carbonyl (C=O) groups is 3. The van der Waals surface area contributed by atoms with Gasteiger partial charge in [-0.1, -0.05) is 24.3 Å². The molecule has 0 aromatic heterocycles. The smallest absolute Gasteiger partial charge is 0.266 e. The number of anilines is 1.